The molecule has 2 aromatic carbocycles. The lowest BCUT2D eigenvalue weighted by Crippen LogP contribution is -2.50. The van der Waals surface area contributed by atoms with E-state index in [-0.39, 0.29) is 116 Å². The van der Waals surface area contributed by atoms with Gasteiger partial charge in [0, 0.05) is 42.9 Å². The molecule has 10 aliphatic rings. The number of amides is 4. The minimum absolute atomic E-state index is 0.0308. The zero-order chi connectivity index (χ0) is 87.5. The summed E-state index contributed by atoms with van der Waals surface area (Å²) in [6, 6.07) is 9.32. The number of carbonyl (C=O) groups is 8. The van der Waals surface area contributed by atoms with Gasteiger partial charge in [-0.05, 0) is 169 Å². The third kappa shape index (κ3) is 17.8. The fourth-order valence-electron chi connectivity index (χ4n) is 17.7. The molecule has 2 aromatic heterocycles. The Morgan fingerprint density at radius 3 is 1.36 bits per heavy atom. The zero-order valence-electron chi connectivity index (χ0n) is 68.4. The maximum absolute atomic E-state index is 16.3. The van der Waals surface area contributed by atoms with Crippen molar-refractivity contribution in [3.05, 3.63) is 71.1 Å². The van der Waals surface area contributed by atoms with Crippen molar-refractivity contribution in [2.75, 3.05) is 13.1 Å². The summed E-state index contributed by atoms with van der Waals surface area (Å²) < 4.78 is 201. The molecule has 120 heavy (non-hydrogen) atoms. The van der Waals surface area contributed by atoms with Gasteiger partial charge in [-0.2, -0.15) is 28.1 Å². The Hall–Kier alpha value is -9.06. The molecule has 650 valence electrons. The minimum atomic E-state index is -4.28. The van der Waals surface area contributed by atoms with Gasteiger partial charge in [0.05, 0.1) is 116 Å². The number of allylic oxidation sites excluding steroid dienone is 2. The Morgan fingerprint density at radius 1 is 0.567 bits per heavy atom. The van der Waals surface area contributed by atoms with E-state index in [1.54, 1.807) is 55.4 Å². The molecule has 6 heterocycles. The van der Waals surface area contributed by atoms with Gasteiger partial charge in [0.1, 0.15) is 24.4 Å². The number of halogens is 8. The number of Topliss-reactive ketones (excluding diaryl/α,β-unsaturated/α-hetero) is 2. The summed E-state index contributed by atoms with van der Waals surface area (Å²) in [5, 5.41) is 19.1. The largest absolute Gasteiger partial charge is 0.471 e. The second kappa shape index (κ2) is 32.3. The second-order valence-electron chi connectivity index (χ2n) is 37.2. The minimum Gasteiger partial charge on any atom is -0.471 e. The van der Waals surface area contributed by atoms with Gasteiger partial charge in [-0.1, -0.05) is 67.9 Å². The summed E-state index contributed by atoms with van der Waals surface area (Å²) in [5.74, 6) is -22.9. The molecule has 6 aliphatic carbocycles. The van der Waals surface area contributed by atoms with Crippen molar-refractivity contribution >= 4 is 89.2 Å². The number of benzene rings is 2. The lowest BCUT2D eigenvalue weighted by molar-refractivity contribution is -0.154. The topological polar surface area (TPSA) is 371 Å². The van der Waals surface area contributed by atoms with Crippen molar-refractivity contribution in [3.63, 3.8) is 0 Å². The number of fused-ring (bicyclic) bond motifs is 10. The van der Waals surface area contributed by atoms with Crippen molar-refractivity contribution in [2.45, 2.75) is 268 Å². The highest BCUT2D eigenvalue weighted by molar-refractivity contribution is 7.92. The first kappa shape index (κ1) is 88.7. The first-order valence-corrected chi connectivity index (χ1v) is 44.0. The van der Waals surface area contributed by atoms with Gasteiger partial charge < -0.3 is 28.7 Å². The van der Waals surface area contributed by atoms with E-state index in [4.69, 9.17) is 18.9 Å². The third-order valence-electron chi connectivity index (χ3n) is 26.5. The van der Waals surface area contributed by atoms with Crippen LogP contribution in [0.5, 0.6) is 11.8 Å². The Bertz CT molecular complexity index is 5160. The van der Waals surface area contributed by atoms with Crippen LogP contribution in [0.15, 0.2) is 48.6 Å². The first-order chi connectivity index (χ1) is 56.1. The lowest BCUT2D eigenvalue weighted by atomic mass is 9.77. The molecular formula is C84H100F8N10O16S2. The van der Waals surface area contributed by atoms with Crippen molar-refractivity contribution in [1.29, 1.82) is 10.5 Å². The highest BCUT2D eigenvalue weighted by Crippen LogP contribution is 2.62. The fraction of sp³-hybridized carbons (Fsp3) is 0.667. The van der Waals surface area contributed by atoms with E-state index in [1.807, 2.05) is 21.6 Å². The molecular weight excluding hydrogens is 1620 g/mol. The summed E-state index contributed by atoms with van der Waals surface area (Å²) in [6.45, 7) is 15.8. The Kier molecular flexibility index (Phi) is 23.9. The number of nitrogens with one attached hydrogen (secondary N) is 2. The van der Waals surface area contributed by atoms with Crippen LogP contribution in [0.1, 0.15) is 220 Å². The molecule has 0 unspecified atom stereocenters. The van der Waals surface area contributed by atoms with Gasteiger partial charge in [-0.3, -0.25) is 47.8 Å². The van der Waals surface area contributed by atoms with Crippen LogP contribution in [0.4, 0.5) is 35.1 Å². The highest BCUT2D eigenvalue weighted by atomic mass is 32.2. The number of rotatable bonds is 16. The van der Waals surface area contributed by atoms with E-state index < -0.39 is 257 Å². The molecule has 2 N–H and O–H groups in total. The monoisotopic (exact) mass is 1720 g/mol. The summed E-state index contributed by atoms with van der Waals surface area (Å²) in [7, 11) is -8.56. The smallest absolute Gasteiger partial charge is 0.313 e. The van der Waals surface area contributed by atoms with Crippen LogP contribution in [0, 0.1) is 91.7 Å². The van der Waals surface area contributed by atoms with Crippen LogP contribution >= 0.6 is 0 Å². The van der Waals surface area contributed by atoms with Crippen LogP contribution < -0.4 is 18.9 Å². The molecule has 4 amide bonds. The Labute approximate surface area is 690 Å². The van der Waals surface area contributed by atoms with Gasteiger partial charge in [-0.15, -0.1) is 0 Å². The number of ketones is 2. The molecule has 6 saturated carbocycles. The predicted octanol–water partition coefficient (Wildman–Crippen LogP) is 12.5. The molecule has 4 bridgehead atoms. The quantitative estimate of drug-likeness (QED) is 0.0597. The van der Waals surface area contributed by atoms with Gasteiger partial charge in [0.15, 0.2) is 23.0 Å². The van der Waals surface area contributed by atoms with Gasteiger partial charge in [0.25, 0.3) is 5.92 Å². The summed E-state index contributed by atoms with van der Waals surface area (Å²) in [6.07, 6.45) is -7.55. The van der Waals surface area contributed by atoms with Gasteiger partial charge >= 0.3 is 17.9 Å². The molecule has 0 spiro atoms. The number of nitriles is 2. The maximum Gasteiger partial charge on any atom is 0.313 e. The van der Waals surface area contributed by atoms with E-state index in [0.29, 0.717) is 38.2 Å². The Morgan fingerprint density at radius 2 is 0.975 bits per heavy atom. The number of hydrogen-bond donors (Lipinski definition) is 2. The molecule has 14 rings (SSSR count). The molecule has 26 nitrogen and oxygen atoms in total. The van der Waals surface area contributed by atoms with E-state index >= 15 is 17.6 Å². The SMILES string of the molecule is CC[C@@H]1[C@@H]2CN(C(=O)[C@H](C(C)(C)C)CC(=O)O[C@@H]3C[C@H]3CC/C=C/C(F)(F)c3nc4ccc(C#N)cc4nc3O2)[C@@H]1C(=O)C[C@]1(C(=O)NS(=O)(=O)C2(C)CC2)C[C@H]1C(F)F.CC[C@@H]1[C@@H]2CN(C(=O)[C@H](C(C)(C)C)CC(=O)O[C@@H]3C[C@H]3CCCCC(F)(F)c3nc4ccc(C#N)cc4nc3O2)[C@@H]1C(=O)C[C@]1(C(=O)NS(=O)(=O)C2(C)CC2)C[C@H]1C(F)F. The van der Waals surface area contributed by atoms with E-state index in [9.17, 15) is 83.3 Å². The summed E-state index contributed by atoms with van der Waals surface area (Å²) in [4.78, 5) is 133. The number of aromatic nitrogens is 4. The second-order valence-corrected chi connectivity index (χ2v) is 41.6. The van der Waals surface area contributed by atoms with Gasteiger partial charge in [-0.25, -0.2) is 54.3 Å². The first-order valence-electron chi connectivity index (χ1n) is 41.0. The van der Waals surface area contributed by atoms with Gasteiger partial charge in [0.2, 0.25) is 68.3 Å². The van der Waals surface area contributed by atoms with E-state index in [1.165, 1.54) is 66.1 Å². The van der Waals surface area contributed by atoms with Crippen molar-refractivity contribution < 1.29 is 109 Å². The molecule has 4 aliphatic heterocycles. The summed E-state index contributed by atoms with van der Waals surface area (Å²) in [5.41, 5.74) is -7.02. The van der Waals surface area contributed by atoms with Crippen LogP contribution in [0.2, 0.25) is 0 Å². The fourth-order valence-corrected chi connectivity index (χ4v) is 20.4. The summed E-state index contributed by atoms with van der Waals surface area (Å²) >= 11 is 0. The number of ether oxygens (including phenoxy) is 4. The number of alkyl halides is 8. The number of nitrogens with zero attached hydrogens (tertiary/aromatic N) is 8. The molecule has 4 aromatic rings. The van der Waals surface area contributed by atoms with Crippen molar-refractivity contribution in [1.82, 2.24) is 39.2 Å². The average Bonchev–Trinajstić information content (AvgIpc) is 1.56. The normalized spacial score (nSPS) is 31.6. The molecule has 16 atom stereocenters. The standard InChI is InChI=1S/C42H51F4N5O8S.C42H49F4N5O8S/c2*1-6-24-31-21-51(33(24)29(52)19-41(18-26(41)35(43)44)38(55)50-60(56,57)40(5)13-14-40)37(54)25(39(2,3)4)17-32(53)58-30-16-23(30)9-7-8-12-42(45,46)34-36(59-31)49-28-15-22(20-47)10-11-27(28)48-34/h10-11,15,23-26,30-31,33,35H,6-9,12-14,16-19,21H2,1-5H3,(H,50,55);8,10-12,15,23-26,30-31,33,35H,6-7,9,13-14,16-19,21H2,1-5H3,(H,50,55)/b;12-8+/t2*23-,24-,25-,26+,30-,31+,33+,41-/m11/s1. The number of hydrogen-bond acceptors (Lipinski definition) is 22. The highest BCUT2D eigenvalue weighted by Gasteiger charge is 2.70. The maximum atomic E-state index is 16.3. The van der Waals surface area contributed by atoms with E-state index in [2.05, 4.69) is 19.9 Å². The van der Waals surface area contributed by atoms with Crippen LogP contribution in [0.25, 0.3) is 22.1 Å². The van der Waals surface area contributed by atoms with E-state index in [0.717, 1.165) is 0 Å². The third-order valence-corrected chi connectivity index (χ3v) is 30.9. The molecule has 36 heteroatoms. The van der Waals surface area contributed by atoms with Crippen molar-refractivity contribution in [2.24, 2.45) is 69.0 Å². The average molecular weight is 1720 g/mol. The van der Waals surface area contributed by atoms with Crippen LogP contribution in [-0.4, -0.2) is 166 Å². The van der Waals surface area contributed by atoms with Crippen molar-refractivity contribution in [3.8, 4) is 23.9 Å². The number of sulfonamides is 2. The zero-order valence-corrected chi connectivity index (χ0v) is 70.0. The number of carbonyl (C=O) groups excluding carboxylic acids is 8. The van der Waals surface area contributed by atoms with Crippen LogP contribution in [0.3, 0.4) is 0 Å². The van der Waals surface area contributed by atoms with Crippen LogP contribution in [-0.2, 0) is 79.7 Å². The predicted molar refractivity (Wildman–Crippen MR) is 413 cm³/mol. The molecule has 8 fully saturated rings. The molecule has 2 saturated heterocycles. The number of esters is 2. The Balaban J connectivity index is 0.000000207. The lowest BCUT2D eigenvalue weighted by Gasteiger charge is -2.35. The molecule has 0 radical (unpaired) electrons.